The predicted molar refractivity (Wildman–Crippen MR) is 102 cm³/mol. The lowest BCUT2D eigenvalue weighted by Gasteiger charge is -2.16. The van der Waals surface area contributed by atoms with Crippen LogP contribution in [0.2, 0.25) is 0 Å². The zero-order chi connectivity index (χ0) is 19.6. The summed E-state index contributed by atoms with van der Waals surface area (Å²) >= 11 is 0. The zero-order valence-electron chi connectivity index (χ0n) is 14.7. The Labute approximate surface area is 157 Å². The summed E-state index contributed by atoms with van der Waals surface area (Å²) in [5.74, 6) is -0.668. The van der Waals surface area contributed by atoms with Crippen molar-refractivity contribution < 1.29 is 29.3 Å². The molecule has 0 saturated carbocycles. The quantitative estimate of drug-likeness (QED) is 0.655. The van der Waals surface area contributed by atoms with Gasteiger partial charge >= 0.3 is 11.9 Å². The van der Waals surface area contributed by atoms with E-state index in [1.807, 2.05) is 6.92 Å². The minimum atomic E-state index is -0.993. The fourth-order valence-corrected chi connectivity index (χ4v) is 2.15. The van der Waals surface area contributed by atoms with Crippen LogP contribution in [0.1, 0.15) is 18.1 Å². The van der Waals surface area contributed by atoms with Gasteiger partial charge < -0.3 is 19.7 Å². The molecule has 0 aliphatic carbocycles. The molecule has 0 fully saturated rings. The van der Waals surface area contributed by atoms with Crippen molar-refractivity contribution in [1.29, 1.82) is 0 Å². The molecule has 1 atom stereocenters. The van der Waals surface area contributed by atoms with Crippen LogP contribution in [0.25, 0.3) is 12.2 Å². The number of hydrogen-bond donors (Lipinski definition) is 2. The second-order valence-corrected chi connectivity index (χ2v) is 5.72. The Morgan fingerprint density at radius 3 is 1.74 bits per heavy atom. The van der Waals surface area contributed by atoms with Crippen molar-refractivity contribution in [3.05, 3.63) is 71.8 Å². The van der Waals surface area contributed by atoms with Crippen molar-refractivity contribution in [1.82, 2.24) is 0 Å². The first kappa shape index (κ1) is 19.8. The van der Waals surface area contributed by atoms with E-state index in [0.717, 1.165) is 23.3 Å². The molecule has 0 bridgehead atoms. The molecule has 0 aromatic heterocycles. The molecule has 0 radical (unpaired) electrons. The molecule has 0 amide bonds. The van der Waals surface area contributed by atoms with Crippen LogP contribution in [-0.2, 0) is 9.59 Å². The summed E-state index contributed by atoms with van der Waals surface area (Å²) in [4.78, 5) is 21.0. The van der Waals surface area contributed by atoms with Crippen LogP contribution >= 0.6 is 0 Å². The number of aliphatic carboxylic acids is 2. The van der Waals surface area contributed by atoms with E-state index in [9.17, 15) is 9.59 Å². The van der Waals surface area contributed by atoms with E-state index in [1.165, 1.54) is 12.2 Å². The second kappa shape index (κ2) is 9.82. The molecule has 2 N–H and O–H groups in total. The highest BCUT2D eigenvalue weighted by Gasteiger charge is 2.05. The minimum absolute atomic E-state index is 0.197. The molecule has 0 aliphatic rings. The molecule has 6 nitrogen and oxygen atoms in total. The summed E-state index contributed by atoms with van der Waals surface area (Å²) < 4.78 is 11.4. The van der Waals surface area contributed by atoms with Crippen molar-refractivity contribution in [2.24, 2.45) is 0 Å². The van der Waals surface area contributed by atoms with Gasteiger partial charge in [0.05, 0.1) is 0 Å². The summed E-state index contributed by atoms with van der Waals surface area (Å²) in [6.07, 6.45) is 4.97. The van der Waals surface area contributed by atoms with E-state index >= 15 is 0 Å². The lowest BCUT2D eigenvalue weighted by molar-refractivity contribution is -0.132. The van der Waals surface area contributed by atoms with Crippen LogP contribution in [-0.4, -0.2) is 34.9 Å². The smallest absolute Gasteiger partial charge is 0.328 e. The fraction of sp³-hybridized carbons (Fsp3) is 0.143. The van der Waals surface area contributed by atoms with Crippen molar-refractivity contribution >= 4 is 24.1 Å². The Morgan fingerprint density at radius 2 is 1.30 bits per heavy atom. The lowest BCUT2D eigenvalue weighted by atomic mass is 10.2. The van der Waals surface area contributed by atoms with Gasteiger partial charge in [0.1, 0.15) is 24.2 Å². The molecule has 2 rings (SSSR count). The molecule has 0 saturated heterocycles. The first-order valence-corrected chi connectivity index (χ1v) is 8.24. The molecular formula is C21H20O6. The van der Waals surface area contributed by atoms with Crippen molar-refractivity contribution in [3.8, 4) is 11.5 Å². The SMILES string of the molecule is CC(COc1ccc(C=CC(=O)O)cc1)Oc1ccc(C=CC(=O)O)cc1. The fourth-order valence-electron chi connectivity index (χ4n) is 2.15. The number of rotatable bonds is 9. The molecular weight excluding hydrogens is 348 g/mol. The van der Waals surface area contributed by atoms with Gasteiger partial charge in [-0.2, -0.15) is 0 Å². The topological polar surface area (TPSA) is 93.1 Å². The van der Waals surface area contributed by atoms with Gasteiger partial charge in [-0.3, -0.25) is 0 Å². The summed E-state index contributed by atoms with van der Waals surface area (Å²) in [6.45, 7) is 2.22. The van der Waals surface area contributed by atoms with Crippen LogP contribution < -0.4 is 9.47 Å². The Kier molecular flexibility index (Phi) is 7.19. The van der Waals surface area contributed by atoms with Crippen molar-refractivity contribution in [2.45, 2.75) is 13.0 Å². The molecule has 0 aliphatic heterocycles. The van der Waals surface area contributed by atoms with E-state index in [1.54, 1.807) is 48.5 Å². The standard InChI is InChI=1S/C21H20O6/c1-15(27-19-10-4-17(5-11-19)7-13-21(24)25)14-26-18-8-2-16(3-9-18)6-12-20(22)23/h2-13,15H,14H2,1H3,(H,22,23)(H,24,25). The van der Waals surface area contributed by atoms with Crippen LogP contribution in [0, 0.1) is 0 Å². The number of ether oxygens (including phenoxy) is 2. The molecule has 2 aromatic rings. The maximum absolute atomic E-state index is 10.5. The van der Waals surface area contributed by atoms with Gasteiger partial charge in [0.25, 0.3) is 0 Å². The van der Waals surface area contributed by atoms with Crippen LogP contribution in [0.4, 0.5) is 0 Å². The number of benzene rings is 2. The van der Waals surface area contributed by atoms with E-state index in [4.69, 9.17) is 19.7 Å². The summed E-state index contributed by atoms with van der Waals surface area (Å²) in [5, 5.41) is 17.2. The number of carboxylic acid groups (broad SMARTS) is 2. The Morgan fingerprint density at radius 1 is 0.852 bits per heavy atom. The first-order valence-electron chi connectivity index (χ1n) is 8.24. The van der Waals surface area contributed by atoms with Gasteiger partial charge in [-0.25, -0.2) is 9.59 Å². The van der Waals surface area contributed by atoms with E-state index in [-0.39, 0.29) is 6.10 Å². The first-order chi connectivity index (χ1) is 12.9. The highest BCUT2D eigenvalue weighted by molar-refractivity contribution is 5.85. The second-order valence-electron chi connectivity index (χ2n) is 5.72. The van der Waals surface area contributed by atoms with Gasteiger partial charge in [-0.1, -0.05) is 24.3 Å². The monoisotopic (exact) mass is 368 g/mol. The maximum Gasteiger partial charge on any atom is 0.328 e. The van der Waals surface area contributed by atoms with Gasteiger partial charge in [-0.15, -0.1) is 0 Å². The summed E-state index contributed by atoms with van der Waals surface area (Å²) in [7, 11) is 0. The molecule has 1 unspecified atom stereocenters. The third-order valence-electron chi connectivity index (χ3n) is 3.42. The average molecular weight is 368 g/mol. The molecule has 0 spiro atoms. The highest BCUT2D eigenvalue weighted by atomic mass is 16.5. The van der Waals surface area contributed by atoms with Gasteiger partial charge in [0.2, 0.25) is 0 Å². The normalized spacial score (nSPS) is 12.2. The van der Waals surface area contributed by atoms with Gasteiger partial charge in [0.15, 0.2) is 0 Å². The Hall–Kier alpha value is -3.54. The van der Waals surface area contributed by atoms with Crippen molar-refractivity contribution in [2.75, 3.05) is 6.61 Å². The van der Waals surface area contributed by atoms with E-state index in [2.05, 4.69) is 0 Å². The lowest BCUT2D eigenvalue weighted by Crippen LogP contribution is -2.21. The summed E-state index contributed by atoms with van der Waals surface area (Å²) in [6, 6.07) is 14.1. The maximum atomic E-state index is 10.5. The molecule has 6 heteroatoms. The van der Waals surface area contributed by atoms with Gasteiger partial charge in [0, 0.05) is 12.2 Å². The Bertz CT molecular complexity index is 819. The highest BCUT2D eigenvalue weighted by Crippen LogP contribution is 2.17. The number of carboxylic acids is 2. The Balaban J connectivity index is 1.82. The number of hydrogen-bond acceptors (Lipinski definition) is 4. The van der Waals surface area contributed by atoms with Gasteiger partial charge in [-0.05, 0) is 54.5 Å². The predicted octanol–water partition coefficient (Wildman–Crippen LogP) is 3.73. The molecule has 0 heterocycles. The molecule has 2 aromatic carbocycles. The van der Waals surface area contributed by atoms with Crippen molar-refractivity contribution in [3.63, 3.8) is 0 Å². The largest absolute Gasteiger partial charge is 0.490 e. The van der Waals surface area contributed by atoms with Crippen LogP contribution in [0.15, 0.2) is 60.7 Å². The van der Waals surface area contributed by atoms with E-state index in [0.29, 0.717) is 18.1 Å². The van der Waals surface area contributed by atoms with Crippen LogP contribution in [0.5, 0.6) is 11.5 Å². The third-order valence-corrected chi connectivity index (χ3v) is 3.42. The minimum Gasteiger partial charge on any atom is -0.490 e. The van der Waals surface area contributed by atoms with Crippen LogP contribution in [0.3, 0.4) is 0 Å². The third kappa shape index (κ3) is 7.48. The summed E-state index contributed by atoms with van der Waals surface area (Å²) in [5.41, 5.74) is 1.54. The molecule has 27 heavy (non-hydrogen) atoms. The zero-order valence-corrected chi connectivity index (χ0v) is 14.7. The average Bonchev–Trinajstić information content (AvgIpc) is 2.65. The van der Waals surface area contributed by atoms with E-state index < -0.39 is 11.9 Å². The number of carbonyl (C=O) groups is 2. The molecule has 140 valence electrons.